The van der Waals surface area contributed by atoms with E-state index in [1.54, 1.807) is 12.1 Å². The molecule has 31 heavy (non-hydrogen) atoms. The van der Waals surface area contributed by atoms with Gasteiger partial charge < -0.3 is 5.32 Å². The summed E-state index contributed by atoms with van der Waals surface area (Å²) in [6.45, 7) is 5.49. The van der Waals surface area contributed by atoms with Crippen molar-refractivity contribution in [1.29, 1.82) is 0 Å². The zero-order valence-electron chi connectivity index (χ0n) is 18.3. The van der Waals surface area contributed by atoms with Gasteiger partial charge in [-0.3, -0.25) is 9.10 Å². The smallest absolute Gasteiger partial charge is 0.241 e. The lowest BCUT2D eigenvalue weighted by Gasteiger charge is -2.26. The Bertz CT molecular complexity index is 1170. The van der Waals surface area contributed by atoms with Crippen LogP contribution in [0.2, 0.25) is 0 Å². The summed E-state index contributed by atoms with van der Waals surface area (Å²) in [6.07, 6.45) is 1.12. The molecule has 0 aliphatic rings. The first-order valence-electron chi connectivity index (χ1n) is 10.1. The van der Waals surface area contributed by atoms with Crippen molar-refractivity contribution in [3.8, 4) is 0 Å². The van der Waals surface area contributed by atoms with Gasteiger partial charge in [-0.2, -0.15) is 0 Å². The van der Waals surface area contributed by atoms with E-state index in [0.717, 1.165) is 34.1 Å². The number of sulfonamides is 1. The van der Waals surface area contributed by atoms with Crippen molar-refractivity contribution < 1.29 is 13.2 Å². The molecule has 6 heteroatoms. The summed E-state index contributed by atoms with van der Waals surface area (Å²) in [6, 6.07) is 22.7. The first kappa shape index (κ1) is 22.6. The molecule has 3 aromatic carbocycles. The molecule has 0 radical (unpaired) electrons. The molecule has 0 aliphatic heterocycles. The molecular weight excluding hydrogens is 408 g/mol. The molecule has 0 saturated heterocycles. The number of aryl methyl sites for hydroxylation is 2. The fourth-order valence-electron chi connectivity index (χ4n) is 3.58. The standard InChI is InChI=1S/C25H28N2O3S/c1-18-10-8-14-22(16-18)25(21-12-6-5-7-13-21)26-24(28)17-27(31(4,29)30)23-15-9-11-19(2)20(23)3/h5-16,25H,17H2,1-4H3,(H,26,28). The van der Waals surface area contributed by atoms with Gasteiger partial charge in [0.05, 0.1) is 18.0 Å². The molecule has 0 saturated carbocycles. The lowest BCUT2D eigenvalue weighted by atomic mass is 9.97. The highest BCUT2D eigenvalue weighted by molar-refractivity contribution is 7.92. The number of nitrogens with zero attached hydrogens (tertiary/aromatic N) is 1. The minimum Gasteiger partial charge on any atom is -0.344 e. The maximum absolute atomic E-state index is 13.1. The summed E-state index contributed by atoms with van der Waals surface area (Å²) < 4.78 is 26.3. The molecule has 3 rings (SSSR count). The summed E-state index contributed by atoms with van der Waals surface area (Å²) in [5.74, 6) is -0.373. The van der Waals surface area contributed by atoms with Crippen LogP contribution in [0.1, 0.15) is 33.9 Å². The number of benzene rings is 3. The Morgan fingerprint density at radius 3 is 2.19 bits per heavy atom. The molecule has 1 unspecified atom stereocenters. The van der Waals surface area contributed by atoms with Crippen LogP contribution in [-0.2, 0) is 14.8 Å². The van der Waals surface area contributed by atoms with Gasteiger partial charge in [0.15, 0.2) is 0 Å². The van der Waals surface area contributed by atoms with Crippen molar-refractivity contribution in [3.05, 3.63) is 101 Å². The van der Waals surface area contributed by atoms with Gasteiger partial charge in [0, 0.05) is 0 Å². The highest BCUT2D eigenvalue weighted by Crippen LogP contribution is 2.26. The third-order valence-electron chi connectivity index (χ3n) is 5.35. The number of nitrogens with one attached hydrogen (secondary N) is 1. The van der Waals surface area contributed by atoms with Crippen LogP contribution >= 0.6 is 0 Å². The highest BCUT2D eigenvalue weighted by Gasteiger charge is 2.25. The summed E-state index contributed by atoms with van der Waals surface area (Å²) >= 11 is 0. The first-order chi connectivity index (χ1) is 14.7. The normalized spacial score (nSPS) is 12.3. The number of hydrogen-bond donors (Lipinski definition) is 1. The molecular formula is C25H28N2O3S. The SMILES string of the molecule is Cc1cccc(C(NC(=O)CN(c2cccc(C)c2C)S(C)(=O)=O)c2ccccc2)c1. The van der Waals surface area contributed by atoms with Crippen LogP contribution in [0.4, 0.5) is 5.69 Å². The summed E-state index contributed by atoms with van der Waals surface area (Å²) in [5, 5.41) is 3.04. The minimum absolute atomic E-state index is 0.293. The fraction of sp³-hybridized carbons (Fsp3) is 0.240. The van der Waals surface area contributed by atoms with Crippen LogP contribution in [0.5, 0.6) is 0 Å². The van der Waals surface area contributed by atoms with Crippen molar-refractivity contribution in [2.24, 2.45) is 0 Å². The summed E-state index contributed by atoms with van der Waals surface area (Å²) in [7, 11) is -3.65. The third kappa shape index (κ3) is 5.52. The monoisotopic (exact) mass is 436 g/mol. The quantitative estimate of drug-likeness (QED) is 0.601. The second-order valence-corrected chi connectivity index (χ2v) is 9.72. The zero-order chi connectivity index (χ0) is 22.6. The van der Waals surface area contributed by atoms with Gasteiger partial charge in [0.25, 0.3) is 0 Å². The number of carbonyl (C=O) groups is 1. The molecule has 0 aromatic heterocycles. The zero-order valence-corrected chi connectivity index (χ0v) is 19.1. The molecule has 0 fully saturated rings. The Kier molecular flexibility index (Phi) is 6.81. The number of rotatable bonds is 7. The Morgan fingerprint density at radius 1 is 0.903 bits per heavy atom. The number of carbonyl (C=O) groups excluding carboxylic acids is 1. The fourth-order valence-corrected chi connectivity index (χ4v) is 4.49. The topological polar surface area (TPSA) is 66.5 Å². The minimum atomic E-state index is -3.65. The second kappa shape index (κ2) is 9.35. The summed E-state index contributed by atoms with van der Waals surface area (Å²) in [4.78, 5) is 13.1. The van der Waals surface area contributed by atoms with E-state index in [-0.39, 0.29) is 18.5 Å². The predicted molar refractivity (Wildman–Crippen MR) is 126 cm³/mol. The number of amides is 1. The van der Waals surface area contributed by atoms with E-state index >= 15 is 0 Å². The molecule has 1 atom stereocenters. The van der Waals surface area contributed by atoms with E-state index in [2.05, 4.69) is 5.32 Å². The van der Waals surface area contributed by atoms with Crippen molar-refractivity contribution in [2.45, 2.75) is 26.8 Å². The average molecular weight is 437 g/mol. The van der Waals surface area contributed by atoms with E-state index < -0.39 is 10.0 Å². The highest BCUT2D eigenvalue weighted by atomic mass is 32.2. The molecule has 0 heterocycles. The van der Waals surface area contributed by atoms with Crippen LogP contribution in [0.15, 0.2) is 72.8 Å². The molecule has 1 amide bonds. The van der Waals surface area contributed by atoms with Crippen LogP contribution in [0.3, 0.4) is 0 Å². The molecule has 0 spiro atoms. The van der Waals surface area contributed by atoms with E-state index in [9.17, 15) is 13.2 Å². The van der Waals surface area contributed by atoms with Crippen molar-refractivity contribution in [3.63, 3.8) is 0 Å². The Balaban J connectivity index is 1.93. The Hall–Kier alpha value is -3.12. The average Bonchev–Trinajstić information content (AvgIpc) is 2.72. The van der Waals surface area contributed by atoms with Gasteiger partial charge >= 0.3 is 0 Å². The summed E-state index contributed by atoms with van der Waals surface area (Å²) in [5.41, 5.74) is 5.27. The Labute approximate surface area is 184 Å². The van der Waals surface area contributed by atoms with E-state index in [1.165, 1.54) is 4.31 Å². The van der Waals surface area contributed by atoms with Crippen LogP contribution < -0.4 is 9.62 Å². The lowest BCUT2D eigenvalue weighted by Crippen LogP contribution is -2.42. The van der Waals surface area contributed by atoms with Crippen LogP contribution in [0, 0.1) is 20.8 Å². The largest absolute Gasteiger partial charge is 0.344 e. The van der Waals surface area contributed by atoms with E-state index in [0.29, 0.717) is 5.69 Å². The predicted octanol–water partition coefficient (Wildman–Crippen LogP) is 4.28. The molecule has 0 aliphatic carbocycles. The lowest BCUT2D eigenvalue weighted by molar-refractivity contribution is -0.120. The van der Waals surface area contributed by atoms with Gasteiger partial charge in [-0.05, 0) is 49.1 Å². The third-order valence-corrected chi connectivity index (χ3v) is 6.47. The van der Waals surface area contributed by atoms with Gasteiger partial charge in [-0.1, -0.05) is 72.3 Å². The van der Waals surface area contributed by atoms with Crippen LogP contribution in [-0.4, -0.2) is 27.1 Å². The maximum atomic E-state index is 13.1. The van der Waals surface area contributed by atoms with Crippen LogP contribution in [0.25, 0.3) is 0 Å². The molecule has 5 nitrogen and oxygen atoms in total. The molecule has 1 N–H and O–H groups in total. The van der Waals surface area contributed by atoms with Crippen molar-refractivity contribution >= 4 is 21.6 Å². The van der Waals surface area contributed by atoms with Gasteiger partial charge in [0.1, 0.15) is 6.54 Å². The van der Waals surface area contributed by atoms with Crippen molar-refractivity contribution in [2.75, 3.05) is 17.1 Å². The molecule has 162 valence electrons. The maximum Gasteiger partial charge on any atom is 0.241 e. The second-order valence-electron chi connectivity index (χ2n) is 7.81. The molecule has 0 bridgehead atoms. The number of hydrogen-bond acceptors (Lipinski definition) is 3. The Morgan fingerprint density at radius 2 is 1.55 bits per heavy atom. The van der Waals surface area contributed by atoms with E-state index in [1.807, 2.05) is 81.4 Å². The first-order valence-corrected chi connectivity index (χ1v) is 12.0. The molecule has 3 aromatic rings. The van der Waals surface area contributed by atoms with E-state index in [4.69, 9.17) is 0 Å². The number of anilines is 1. The van der Waals surface area contributed by atoms with Gasteiger partial charge in [0.2, 0.25) is 15.9 Å². The van der Waals surface area contributed by atoms with Crippen molar-refractivity contribution in [1.82, 2.24) is 5.32 Å². The van der Waals surface area contributed by atoms with Gasteiger partial charge in [-0.25, -0.2) is 8.42 Å². The van der Waals surface area contributed by atoms with Gasteiger partial charge in [-0.15, -0.1) is 0 Å².